The highest BCUT2D eigenvalue weighted by Crippen LogP contribution is 2.51. The first-order valence-corrected chi connectivity index (χ1v) is 28.8. The van der Waals surface area contributed by atoms with Gasteiger partial charge in [-0.2, -0.15) is 0 Å². The standard InChI is InChI=1S/C78H48BN3O2/c1-3-19-49(20-4-1)51-35-39-53(40-36-51)56-23-7-13-29-66(56)81-70-45-62-60-27-11-17-33-74(60)83-76(62)47-64(70)79-65-48-77-63(61-28-12-18-34-75(61)84-77)46-71(65)82(67-30-14-8-24-57(67)54-41-37-52(38-42-54)50-21-5-2-6-22-50)73-44-55(43-72(81)78(73)79)80-68-31-15-9-25-58(68)59-26-10-16-32-69(59)80/h1-48H. The van der Waals surface area contributed by atoms with Gasteiger partial charge in [0.2, 0.25) is 0 Å². The summed E-state index contributed by atoms with van der Waals surface area (Å²) in [7, 11) is 0. The van der Waals surface area contributed by atoms with Crippen LogP contribution in [-0.2, 0) is 0 Å². The Labute approximate surface area is 484 Å². The number of hydrogen-bond acceptors (Lipinski definition) is 4. The van der Waals surface area contributed by atoms with E-state index in [9.17, 15) is 0 Å². The highest BCUT2D eigenvalue weighted by molar-refractivity contribution is 7.00. The molecular formula is C78H48BN3O2. The van der Waals surface area contributed by atoms with Crippen LogP contribution >= 0.6 is 0 Å². The second-order valence-electron chi connectivity index (χ2n) is 22.3. The van der Waals surface area contributed by atoms with Crippen LogP contribution in [-0.4, -0.2) is 11.3 Å². The number of hydrogen-bond donors (Lipinski definition) is 0. The summed E-state index contributed by atoms with van der Waals surface area (Å²) in [6.45, 7) is -0.260. The van der Waals surface area contributed by atoms with E-state index in [4.69, 9.17) is 8.83 Å². The molecule has 13 aromatic carbocycles. The van der Waals surface area contributed by atoms with E-state index >= 15 is 0 Å². The fourth-order valence-electron chi connectivity index (χ4n) is 14.0. The topological polar surface area (TPSA) is 37.7 Å². The van der Waals surface area contributed by atoms with Crippen molar-refractivity contribution in [2.45, 2.75) is 0 Å². The molecule has 3 aromatic heterocycles. The molecule has 6 heteroatoms. The monoisotopic (exact) mass is 1070 g/mol. The number of nitrogens with zero attached hydrogens (tertiary/aromatic N) is 3. The van der Waals surface area contributed by atoms with E-state index in [0.717, 1.165) is 128 Å². The summed E-state index contributed by atoms with van der Waals surface area (Å²) in [5.41, 5.74) is 26.0. The van der Waals surface area contributed by atoms with Crippen molar-refractivity contribution in [1.29, 1.82) is 0 Å². The molecule has 5 nitrogen and oxygen atoms in total. The first-order valence-electron chi connectivity index (χ1n) is 28.8. The lowest BCUT2D eigenvalue weighted by molar-refractivity contribution is 0.669. The Bertz CT molecular complexity index is 5000. The van der Waals surface area contributed by atoms with E-state index in [1.807, 2.05) is 0 Å². The third-order valence-electron chi connectivity index (χ3n) is 17.8. The summed E-state index contributed by atoms with van der Waals surface area (Å²) < 4.78 is 16.3. The Morgan fingerprint density at radius 1 is 0.250 bits per heavy atom. The van der Waals surface area contributed by atoms with Crippen LogP contribution in [0.4, 0.5) is 34.1 Å². The molecule has 2 aliphatic rings. The Balaban J connectivity index is 0.977. The van der Waals surface area contributed by atoms with Gasteiger partial charge < -0.3 is 23.2 Å². The molecule has 0 unspecified atom stereocenters. The fraction of sp³-hybridized carbons (Fsp3) is 0. The van der Waals surface area contributed by atoms with Crippen molar-refractivity contribution >= 4 is 123 Å². The van der Waals surface area contributed by atoms with Gasteiger partial charge in [0.1, 0.15) is 22.3 Å². The van der Waals surface area contributed by atoms with Gasteiger partial charge in [0.05, 0.1) is 28.1 Å². The number of anilines is 6. The molecule has 0 aliphatic carbocycles. The van der Waals surface area contributed by atoms with Gasteiger partial charge in [-0.3, -0.25) is 0 Å². The molecule has 0 fully saturated rings. The molecule has 5 heterocycles. The smallest absolute Gasteiger partial charge is 0.252 e. The SMILES string of the molecule is c1ccc(-c2ccc(-c3ccccc3N3c4cc5c(cc4B4c6cc7oc8ccccc8c7cc6N(c6ccccc6-c6ccc(-c7ccccc7)cc6)c6cc(-n7c8ccccc8c8ccccc87)cc3c64)oc3ccccc35)cc2)cc1. The van der Waals surface area contributed by atoms with Crippen LogP contribution in [0.25, 0.3) is 116 Å². The average Bonchev–Trinajstić information content (AvgIpc) is 1.04. The van der Waals surface area contributed by atoms with Crippen LogP contribution in [0.1, 0.15) is 0 Å². The van der Waals surface area contributed by atoms with Crippen molar-refractivity contribution < 1.29 is 8.83 Å². The van der Waals surface area contributed by atoms with Crippen molar-refractivity contribution in [2.24, 2.45) is 0 Å². The van der Waals surface area contributed by atoms with Crippen LogP contribution in [0.2, 0.25) is 0 Å². The zero-order chi connectivity index (χ0) is 55.0. The number of furan rings is 2. The number of para-hydroxylation sites is 6. The molecule has 2 aliphatic heterocycles. The molecule has 0 amide bonds. The summed E-state index contributed by atoms with van der Waals surface area (Å²) in [4.78, 5) is 5.14. The lowest BCUT2D eigenvalue weighted by Crippen LogP contribution is -2.61. The van der Waals surface area contributed by atoms with E-state index in [2.05, 4.69) is 306 Å². The van der Waals surface area contributed by atoms with E-state index in [0.29, 0.717) is 0 Å². The fourth-order valence-corrected chi connectivity index (χ4v) is 14.0. The summed E-state index contributed by atoms with van der Waals surface area (Å²) in [5.74, 6) is 0. The van der Waals surface area contributed by atoms with Crippen LogP contribution < -0.4 is 26.2 Å². The minimum Gasteiger partial charge on any atom is -0.456 e. The summed E-state index contributed by atoms with van der Waals surface area (Å²) in [5, 5.41) is 6.71. The van der Waals surface area contributed by atoms with Gasteiger partial charge in [-0.1, -0.05) is 218 Å². The lowest BCUT2D eigenvalue weighted by atomic mass is 9.33. The molecule has 16 aromatic rings. The third kappa shape index (κ3) is 6.98. The van der Waals surface area contributed by atoms with Gasteiger partial charge >= 0.3 is 0 Å². The molecule has 18 rings (SSSR count). The zero-order valence-corrected chi connectivity index (χ0v) is 45.4. The summed E-state index contributed by atoms with van der Waals surface area (Å²) in [6, 6.07) is 106. The Morgan fingerprint density at radius 3 is 1.08 bits per heavy atom. The van der Waals surface area contributed by atoms with E-state index < -0.39 is 0 Å². The molecular weight excluding hydrogens is 1020 g/mol. The van der Waals surface area contributed by atoms with Crippen LogP contribution in [0, 0.1) is 0 Å². The Kier molecular flexibility index (Phi) is 10.1. The van der Waals surface area contributed by atoms with Crippen molar-refractivity contribution in [3.63, 3.8) is 0 Å². The molecule has 0 bridgehead atoms. The maximum atomic E-state index is 6.92. The molecule has 0 saturated carbocycles. The predicted molar refractivity (Wildman–Crippen MR) is 351 cm³/mol. The minimum absolute atomic E-state index is 0.260. The summed E-state index contributed by atoms with van der Waals surface area (Å²) >= 11 is 0. The predicted octanol–water partition coefficient (Wildman–Crippen LogP) is 19.3. The molecule has 390 valence electrons. The number of aromatic nitrogens is 1. The average molecular weight is 1070 g/mol. The van der Waals surface area contributed by atoms with Crippen LogP contribution in [0.5, 0.6) is 0 Å². The largest absolute Gasteiger partial charge is 0.456 e. The Hall–Kier alpha value is -11.1. The highest BCUT2D eigenvalue weighted by Gasteiger charge is 2.45. The van der Waals surface area contributed by atoms with Gasteiger partial charge in [0.25, 0.3) is 6.71 Å². The van der Waals surface area contributed by atoms with E-state index in [1.165, 1.54) is 38.5 Å². The lowest BCUT2D eigenvalue weighted by Gasteiger charge is -2.45. The maximum absolute atomic E-state index is 6.92. The summed E-state index contributed by atoms with van der Waals surface area (Å²) in [6.07, 6.45) is 0. The van der Waals surface area contributed by atoms with Gasteiger partial charge in [-0.15, -0.1) is 0 Å². The molecule has 0 atom stereocenters. The third-order valence-corrected chi connectivity index (χ3v) is 17.8. The molecule has 0 radical (unpaired) electrons. The van der Waals surface area contributed by atoms with Gasteiger partial charge in [0.15, 0.2) is 0 Å². The molecule has 0 saturated heterocycles. The number of fused-ring (bicyclic) bond motifs is 13. The number of benzene rings is 13. The highest BCUT2D eigenvalue weighted by atomic mass is 16.3. The minimum atomic E-state index is -0.260. The van der Waals surface area contributed by atoms with Gasteiger partial charge in [-0.05, 0) is 123 Å². The van der Waals surface area contributed by atoms with Crippen molar-refractivity contribution in [1.82, 2.24) is 4.57 Å². The second-order valence-corrected chi connectivity index (χ2v) is 22.3. The van der Waals surface area contributed by atoms with Crippen LogP contribution in [0.3, 0.4) is 0 Å². The van der Waals surface area contributed by atoms with E-state index in [-0.39, 0.29) is 6.71 Å². The van der Waals surface area contributed by atoms with Crippen LogP contribution in [0.15, 0.2) is 300 Å². The van der Waals surface area contributed by atoms with Gasteiger partial charge in [-0.25, -0.2) is 0 Å². The normalized spacial score (nSPS) is 12.7. The second kappa shape index (κ2) is 18.2. The Morgan fingerprint density at radius 2 is 0.619 bits per heavy atom. The van der Waals surface area contributed by atoms with Crippen molar-refractivity contribution in [3.8, 4) is 50.2 Å². The van der Waals surface area contributed by atoms with E-state index in [1.54, 1.807) is 0 Å². The zero-order valence-electron chi connectivity index (χ0n) is 45.4. The quantitative estimate of drug-likeness (QED) is 0.149. The van der Waals surface area contributed by atoms with Crippen molar-refractivity contribution in [3.05, 3.63) is 291 Å². The first-order chi connectivity index (χ1) is 41.7. The molecule has 0 N–H and O–H groups in total. The van der Waals surface area contributed by atoms with Crippen molar-refractivity contribution in [2.75, 3.05) is 9.80 Å². The molecule has 0 spiro atoms. The van der Waals surface area contributed by atoms with Gasteiger partial charge in [0, 0.05) is 66.2 Å². The first kappa shape index (κ1) is 46.7. The number of rotatable bonds is 7. The molecule has 84 heavy (non-hydrogen) atoms. The maximum Gasteiger partial charge on any atom is 0.252 e.